The first-order chi connectivity index (χ1) is 8.16. The van der Waals surface area contributed by atoms with Crippen LogP contribution in [0.3, 0.4) is 0 Å². The van der Waals surface area contributed by atoms with Crippen LogP contribution >= 0.6 is 0 Å². The molecule has 2 rings (SSSR count). The first kappa shape index (κ1) is 11.5. The number of hydrogen-bond donors (Lipinski definition) is 1. The van der Waals surface area contributed by atoms with E-state index >= 15 is 0 Å². The van der Waals surface area contributed by atoms with Gasteiger partial charge in [0.15, 0.2) is 0 Å². The molecule has 0 amide bonds. The van der Waals surface area contributed by atoms with Gasteiger partial charge in [-0.1, -0.05) is 30.3 Å². The van der Waals surface area contributed by atoms with Gasteiger partial charge in [0.2, 0.25) is 5.88 Å². The van der Waals surface area contributed by atoms with Crippen LogP contribution in [0.1, 0.15) is 24.2 Å². The lowest BCUT2D eigenvalue weighted by molar-refractivity contribution is 0.219. The molecule has 0 aliphatic carbocycles. The van der Waals surface area contributed by atoms with Crippen LogP contribution in [0.4, 0.5) is 5.69 Å². The van der Waals surface area contributed by atoms with Crippen molar-refractivity contribution in [3.8, 4) is 5.88 Å². The molecule has 1 heterocycles. The molecule has 1 aromatic carbocycles. The highest BCUT2D eigenvalue weighted by molar-refractivity contribution is 5.49. The Labute approximate surface area is 101 Å². The molecule has 17 heavy (non-hydrogen) atoms. The molecule has 88 valence electrons. The first-order valence-electron chi connectivity index (χ1n) is 5.60. The maximum atomic E-state index is 5.86. The summed E-state index contributed by atoms with van der Waals surface area (Å²) < 4.78 is 5.75. The summed E-state index contributed by atoms with van der Waals surface area (Å²) in [6.45, 7) is 3.93. The Balaban J connectivity index is 2.16. The van der Waals surface area contributed by atoms with Gasteiger partial charge in [0.1, 0.15) is 6.10 Å². The standard InChI is InChI=1S/C14H16N2O/c1-10-8-13(15)14(16-9-10)17-11(2)12-6-4-3-5-7-12/h3-9,11H,15H2,1-2H3. The molecular weight excluding hydrogens is 212 g/mol. The summed E-state index contributed by atoms with van der Waals surface area (Å²) in [6, 6.07) is 11.9. The van der Waals surface area contributed by atoms with Crippen LogP contribution in [0.15, 0.2) is 42.6 Å². The number of hydrogen-bond acceptors (Lipinski definition) is 3. The van der Waals surface area contributed by atoms with E-state index in [1.165, 1.54) is 0 Å². The van der Waals surface area contributed by atoms with Crippen molar-refractivity contribution in [3.63, 3.8) is 0 Å². The van der Waals surface area contributed by atoms with Gasteiger partial charge in [-0.05, 0) is 31.0 Å². The average molecular weight is 228 g/mol. The summed E-state index contributed by atoms with van der Waals surface area (Å²) in [5.41, 5.74) is 8.57. The Bertz CT molecular complexity index is 497. The smallest absolute Gasteiger partial charge is 0.237 e. The highest BCUT2D eigenvalue weighted by Crippen LogP contribution is 2.25. The van der Waals surface area contributed by atoms with Gasteiger partial charge in [-0.15, -0.1) is 0 Å². The predicted molar refractivity (Wildman–Crippen MR) is 68.9 cm³/mol. The van der Waals surface area contributed by atoms with Crippen LogP contribution in [-0.4, -0.2) is 4.98 Å². The van der Waals surface area contributed by atoms with Gasteiger partial charge in [-0.3, -0.25) is 0 Å². The second kappa shape index (κ2) is 4.87. The molecule has 0 fully saturated rings. The maximum Gasteiger partial charge on any atom is 0.237 e. The van der Waals surface area contributed by atoms with Crippen LogP contribution in [-0.2, 0) is 0 Å². The molecule has 0 radical (unpaired) electrons. The van der Waals surface area contributed by atoms with E-state index < -0.39 is 0 Å². The van der Waals surface area contributed by atoms with Crippen molar-refractivity contribution in [1.82, 2.24) is 4.98 Å². The van der Waals surface area contributed by atoms with Crippen LogP contribution < -0.4 is 10.5 Å². The third-order valence-electron chi connectivity index (χ3n) is 2.57. The molecular formula is C14H16N2O. The van der Waals surface area contributed by atoms with Crippen LogP contribution in [0.2, 0.25) is 0 Å². The van der Waals surface area contributed by atoms with E-state index in [0.717, 1.165) is 11.1 Å². The SMILES string of the molecule is Cc1cnc(OC(C)c2ccccc2)c(N)c1. The van der Waals surface area contributed by atoms with Crippen molar-refractivity contribution in [1.29, 1.82) is 0 Å². The van der Waals surface area contributed by atoms with Crippen LogP contribution in [0.25, 0.3) is 0 Å². The lowest BCUT2D eigenvalue weighted by atomic mass is 10.1. The highest BCUT2D eigenvalue weighted by Gasteiger charge is 2.09. The Morgan fingerprint density at radius 1 is 1.24 bits per heavy atom. The average Bonchev–Trinajstić information content (AvgIpc) is 2.34. The molecule has 0 aliphatic heterocycles. The summed E-state index contributed by atoms with van der Waals surface area (Å²) in [5.74, 6) is 0.493. The van der Waals surface area contributed by atoms with Gasteiger partial charge in [0, 0.05) is 6.20 Å². The number of anilines is 1. The Morgan fingerprint density at radius 3 is 2.59 bits per heavy atom. The molecule has 0 saturated carbocycles. The van der Waals surface area contributed by atoms with Gasteiger partial charge in [-0.2, -0.15) is 0 Å². The number of aryl methyl sites for hydroxylation is 1. The van der Waals surface area contributed by atoms with Crippen LogP contribution in [0.5, 0.6) is 5.88 Å². The minimum atomic E-state index is -0.0614. The predicted octanol–water partition coefficient (Wildman–Crippen LogP) is 3.11. The quantitative estimate of drug-likeness (QED) is 0.878. The van der Waals surface area contributed by atoms with Crippen molar-refractivity contribution < 1.29 is 4.74 Å². The molecule has 0 spiro atoms. The molecule has 0 aliphatic rings. The van der Waals surface area contributed by atoms with Crippen molar-refractivity contribution in [2.75, 3.05) is 5.73 Å². The van der Waals surface area contributed by atoms with E-state index in [1.807, 2.05) is 50.2 Å². The number of nitrogens with two attached hydrogens (primary N) is 1. The number of rotatable bonds is 3. The number of pyridine rings is 1. The van der Waals surface area contributed by atoms with E-state index in [2.05, 4.69) is 4.98 Å². The lowest BCUT2D eigenvalue weighted by Crippen LogP contribution is -2.06. The van der Waals surface area contributed by atoms with Crippen molar-refractivity contribution in [2.45, 2.75) is 20.0 Å². The highest BCUT2D eigenvalue weighted by atomic mass is 16.5. The van der Waals surface area contributed by atoms with E-state index in [9.17, 15) is 0 Å². The van der Waals surface area contributed by atoms with Crippen molar-refractivity contribution in [2.24, 2.45) is 0 Å². The second-order valence-corrected chi connectivity index (χ2v) is 4.08. The zero-order valence-corrected chi connectivity index (χ0v) is 10.1. The summed E-state index contributed by atoms with van der Waals surface area (Å²) in [5, 5.41) is 0. The van der Waals surface area contributed by atoms with E-state index in [1.54, 1.807) is 6.20 Å². The van der Waals surface area contributed by atoms with E-state index in [-0.39, 0.29) is 6.10 Å². The maximum absolute atomic E-state index is 5.86. The van der Waals surface area contributed by atoms with Crippen molar-refractivity contribution >= 4 is 5.69 Å². The molecule has 2 N–H and O–H groups in total. The third-order valence-corrected chi connectivity index (χ3v) is 2.57. The Kier molecular flexibility index (Phi) is 3.28. The number of ether oxygens (including phenoxy) is 1. The zero-order chi connectivity index (χ0) is 12.3. The second-order valence-electron chi connectivity index (χ2n) is 4.08. The Morgan fingerprint density at radius 2 is 1.94 bits per heavy atom. The third kappa shape index (κ3) is 2.75. The number of aromatic nitrogens is 1. The summed E-state index contributed by atoms with van der Waals surface area (Å²) in [4.78, 5) is 4.20. The molecule has 1 unspecified atom stereocenters. The normalized spacial score (nSPS) is 12.1. The monoisotopic (exact) mass is 228 g/mol. The van der Waals surface area contributed by atoms with Gasteiger partial charge < -0.3 is 10.5 Å². The molecule has 0 saturated heterocycles. The first-order valence-corrected chi connectivity index (χ1v) is 5.60. The van der Waals surface area contributed by atoms with E-state index in [4.69, 9.17) is 10.5 Å². The summed E-state index contributed by atoms with van der Waals surface area (Å²) >= 11 is 0. The summed E-state index contributed by atoms with van der Waals surface area (Å²) in [7, 11) is 0. The van der Waals surface area contributed by atoms with Gasteiger partial charge in [0.05, 0.1) is 5.69 Å². The zero-order valence-electron chi connectivity index (χ0n) is 10.1. The van der Waals surface area contributed by atoms with E-state index in [0.29, 0.717) is 11.6 Å². The fraction of sp³-hybridized carbons (Fsp3) is 0.214. The Hall–Kier alpha value is -2.03. The fourth-order valence-electron chi connectivity index (χ4n) is 1.64. The van der Waals surface area contributed by atoms with Gasteiger partial charge in [-0.25, -0.2) is 4.98 Å². The van der Waals surface area contributed by atoms with Gasteiger partial charge in [0.25, 0.3) is 0 Å². The fourth-order valence-corrected chi connectivity index (χ4v) is 1.64. The largest absolute Gasteiger partial charge is 0.468 e. The summed E-state index contributed by atoms with van der Waals surface area (Å²) in [6.07, 6.45) is 1.69. The van der Waals surface area contributed by atoms with Crippen LogP contribution in [0, 0.1) is 6.92 Å². The molecule has 2 aromatic rings. The lowest BCUT2D eigenvalue weighted by Gasteiger charge is -2.15. The van der Waals surface area contributed by atoms with Crippen molar-refractivity contribution in [3.05, 3.63) is 53.7 Å². The molecule has 0 bridgehead atoms. The topological polar surface area (TPSA) is 48.1 Å². The minimum absolute atomic E-state index is 0.0614. The minimum Gasteiger partial charge on any atom is -0.468 e. The number of benzene rings is 1. The molecule has 3 heteroatoms. The van der Waals surface area contributed by atoms with Gasteiger partial charge >= 0.3 is 0 Å². The molecule has 1 aromatic heterocycles. The molecule has 1 atom stereocenters. The number of nitrogens with zero attached hydrogens (tertiary/aromatic N) is 1. The number of nitrogen functional groups attached to an aromatic ring is 1. The molecule has 3 nitrogen and oxygen atoms in total.